The van der Waals surface area contributed by atoms with Gasteiger partial charge in [0.25, 0.3) is 0 Å². The molecule has 0 bridgehead atoms. The van der Waals surface area contributed by atoms with Crippen molar-refractivity contribution in [1.29, 1.82) is 0 Å². The molecule has 0 fully saturated rings. The number of aromatic nitrogens is 1. The maximum absolute atomic E-state index is 12.5. The van der Waals surface area contributed by atoms with Gasteiger partial charge in [-0.05, 0) is 30.7 Å². The number of carbonyl (C=O) groups is 1. The Morgan fingerprint density at radius 2 is 1.65 bits per heavy atom. The van der Waals surface area contributed by atoms with Gasteiger partial charge in [0, 0.05) is 29.0 Å². The minimum absolute atomic E-state index is 0.185. The molecule has 1 aromatic heterocycles. The van der Waals surface area contributed by atoms with Crippen molar-refractivity contribution >= 4 is 22.7 Å². The van der Waals surface area contributed by atoms with Crippen LogP contribution in [0.1, 0.15) is 29.8 Å². The van der Waals surface area contributed by atoms with Crippen LogP contribution in [0.15, 0.2) is 90.0 Å². The molecule has 5 rings (SSSR count). The first-order chi connectivity index (χ1) is 15.1. The highest BCUT2D eigenvalue weighted by Crippen LogP contribution is 2.36. The van der Waals surface area contributed by atoms with Gasteiger partial charge < -0.3 is 4.74 Å². The first-order valence-corrected chi connectivity index (χ1v) is 10.2. The Morgan fingerprint density at radius 1 is 0.935 bits per heavy atom. The van der Waals surface area contributed by atoms with E-state index in [0.717, 1.165) is 38.9 Å². The summed E-state index contributed by atoms with van der Waals surface area (Å²) in [7, 11) is 0. The van der Waals surface area contributed by atoms with Crippen molar-refractivity contribution < 1.29 is 9.53 Å². The molecule has 1 aliphatic heterocycles. The fourth-order valence-corrected chi connectivity index (χ4v) is 3.85. The highest BCUT2D eigenvalue weighted by Gasteiger charge is 2.35. The molecular formula is C26H21N3O2. The Morgan fingerprint density at radius 3 is 2.42 bits per heavy atom. The van der Waals surface area contributed by atoms with Gasteiger partial charge >= 0.3 is 0 Å². The molecule has 1 aliphatic rings. The second kappa shape index (κ2) is 7.69. The molecule has 0 spiro atoms. The van der Waals surface area contributed by atoms with Crippen molar-refractivity contribution in [3.05, 3.63) is 102 Å². The molecule has 0 N–H and O–H groups in total. The first kappa shape index (κ1) is 19.0. The normalized spacial score (nSPS) is 15.6. The van der Waals surface area contributed by atoms with E-state index in [1.165, 1.54) is 11.9 Å². The zero-order valence-corrected chi connectivity index (χ0v) is 17.3. The van der Waals surface area contributed by atoms with Gasteiger partial charge in [0.15, 0.2) is 0 Å². The molecule has 1 amide bonds. The molecule has 0 saturated carbocycles. The molecule has 4 aromatic rings. The van der Waals surface area contributed by atoms with Gasteiger partial charge in [0.2, 0.25) is 18.0 Å². The van der Waals surface area contributed by atoms with Crippen LogP contribution in [0, 0.1) is 6.92 Å². The maximum atomic E-state index is 12.5. The van der Waals surface area contributed by atoms with Crippen molar-refractivity contribution in [2.75, 3.05) is 0 Å². The SMILES string of the molecule is CC(=O)N1N=C(c2ccccc2C)OC1c1cc(-c2ccccc2)nc2ccccc12. The van der Waals surface area contributed by atoms with Crippen LogP contribution in [-0.2, 0) is 9.53 Å². The lowest BCUT2D eigenvalue weighted by Gasteiger charge is -2.21. The third-order valence-corrected chi connectivity index (χ3v) is 5.43. The number of hydrazone groups is 1. The predicted octanol–water partition coefficient (Wildman–Crippen LogP) is 5.45. The van der Waals surface area contributed by atoms with E-state index in [2.05, 4.69) is 5.10 Å². The Labute approximate surface area is 180 Å². The number of ether oxygens (including phenoxy) is 1. The van der Waals surface area contributed by atoms with E-state index in [9.17, 15) is 4.79 Å². The van der Waals surface area contributed by atoms with Crippen LogP contribution < -0.4 is 0 Å². The highest BCUT2D eigenvalue weighted by molar-refractivity contribution is 5.98. The van der Waals surface area contributed by atoms with E-state index in [0.29, 0.717) is 5.90 Å². The molecule has 0 saturated heterocycles. The van der Waals surface area contributed by atoms with Crippen LogP contribution in [0.5, 0.6) is 0 Å². The number of benzene rings is 3. The summed E-state index contributed by atoms with van der Waals surface area (Å²) in [5.41, 5.74) is 5.43. The van der Waals surface area contributed by atoms with Crippen LogP contribution in [0.4, 0.5) is 0 Å². The van der Waals surface area contributed by atoms with Gasteiger partial charge in [-0.15, -0.1) is 5.10 Å². The van der Waals surface area contributed by atoms with Crippen LogP contribution in [-0.4, -0.2) is 21.8 Å². The first-order valence-electron chi connectivity index (χ1n) is 10.2. The molecule has 0 aliphatic carbocycles. The van der Waals surface area contributed by atoms with E-state index < -0.39 is 6.23 Å². The fourth-order valence-electron chi connectivity index (χ4n) is 3.85. The molecule has 5 heteroatoms. The molecule has 2 heterocycles. The number of rotatable bonds is 3. The van der Waals surface area contributed by atoms with Gasteiger partial charge in [0.1, 0.15) is 0 Å². The quantitative estimate of drug-likeness (QED) is 0.454. The van der Waals surface area contributed by atoms with Crippen molar-refractivity contribution in [3.63, 3.8) is 0 Å². The molecule has 1 atom stereocenters. The summed E-state index contributed by atoms with van der Waals surface area (Å²) in [6, 6.07) is 27.7. The monoisotopic (exact) mass is 407 g/mol. The third-order valence-electron chi connectivity index (χ3n) is 5.43. The summed E-state index contributed by atoms with van der Waals surface area (Å²) in [5.74, 6) is 0.260. The van der Waals surface area contributed by atoms with Crippen molar-refractivity contribution in [3.8, 4) is 11.3 Å². The van der Waals surface area contributed by atoms with Crippen LogP contribution in [0.3, 0.4) is 0 Å². The summed E-state index contributed by atoms with van der Waals surface area (Å²) < 4.78 is 6.31. The molecule has 1 unspecified atom stereocenters. The minimum atomic E-state index is -0.664. The number of carbonyl (C=O) groups excluding carboxylic acids is 1. The van der Waals surface area contributed by atoms with Gasteiger partial charge in [-0.3, -0.25) is 4.79 Å². The van der Waals surface area contributed by atoms with Crippen molar-refractivity contribution in [2.45, 2.75) is 20.1 Å². The van der Waals surface area contributed by atoms with E-state index in [-0.39, 0.29) is 5.91 Å². The zero-order valence-electron chi connectivity index (χ0n) is 17.3. The fraction of sp³-hybridized carbons (Fsp3) is 0.115. The average molecular weight is 407 g/mol. The topological polar surface area (TPSA) is 54.8 Å². The van der Waals surface area contributed by atoms with Crippen LogP contribution >= 0.6 is 0 Å². The summed E-state index contributed by atoms with van der Waals surface area (Å²) in [6.07, 6.45) is -0.664. The predicted molar refractivity (Wildman–Crippen MR) is 121 cm³/mol. The minimum Gasteiger partial charge on any atom is -0.446 e. The van der Waals surface area contributed by atoms with E-state index in [1.54, 1.807) is 0 Å². The lowest BCUT2D eigenvalue weighted by molar-refractivity contribution is -0.135. The maximum Gasteiger partial charge on any atom is 0.243 e. The van der Waals surface area contributed by atoms with Crippen LogP contribution in [0.25, 0.3) is 22.2 Å². The lowest BCUT2D eigenvalue weighted by Crippen LogP contribution is -2.25. The van der Waals surface area contributed by atoms with Gasteiger partial charge in [0.05, 0.1) is 11.2 Å². The Kier molecular flexibility index (Phi) is 4.71. The molecule has 5 nitrogen and oxygen atoms in total. The summed E-state index contributed by atoms with van der Waals surface area (Å²) in [5, 5.41) is 6.89. The van der Waals surface area contributed by atoms with E-state index >= 15 is 0 Å². The lowest BCUT2D eigenvalue weighted by atomic mass is 10.0. The number of pyridine rings is 1. The number of hydrogen-bond donors (Lipinski definition) is 0. The Hall–Kier alpha value is -3.99. The van der Waals surface area contributed by atoms with Gasteiger partial charge in [-0.2, -0.15) is 5.01 Å². The second-order valence-corrected chi connectivity index (χ2v) is 7.53. The van der Waals surface area contributed by atoms with Gasteiger partial charge in [-0.1, -0.05) is 66.7 Å². The molecule has 0 radical (unpaired) electrons. The zero-order chi connectivity index (χ0) is 21.4. The number of nitrogens with zero attached hydrogens (tertiary/aromatic N) is 3. The smallest absolute Gasteiger partial charge is 0.243 e. The summed E-state index contributed by atoms with van der Waals surface area (Å²) in [4.78, 5) is 17.3. The third kappa shape index (κ3) is 3.44. The van der Waals surface area contributed by atoms with E-state index in [4.69, 9.17) is 9.72 Å². The Balaban J connectivity index is 1.66. The summed E-state index contributed by atoms with van der Waals surface area (Å²) >= 11 is 0. The molecule has 31 heavy (non-hydrogen) atoms. The average Bonchev–Trinajstić information content (AvgIpc) is 3.25. The van der Waals surface area contributed by atoms with Gasteiger partial charge in [-0.25, -0.2) is 4.98 Å². The molecule has 3 aromatic carbocycles. The van der Waals surface area contributed by atoms with Crippen molar-refractivity contribution in [2.24, 2.45) is 5.10 Å². The Bertz CT molecular complexity index is 1310. The number of fused-ring (bicyclic) bond motifs is 1. The number of hydrogen-bond acceptors (Lipinski definition) is 4. The number of amides is 1. The largest absolute Gasteiger partial charge is 0.446 e. The molecule has 152 valence electrons. The summed E-state index contributed by atoms with van der Waals surface area (Å²) in [6.45, 7) is 3.50. The number of para-hydroxylation sites is 1. The standard InChI is InChI=1S/C26H21N3O2/c1-17-10-6-7-13-20(17)25-28-29(18(2)30)26(31-25)22-16-24(19-11-4-3-5-12-19)27-23-15-9-8-14-21(22)23/h3-16,26H,1-2H3. The highest BCUT2D eigenvalue weighted by atomic mass is 16.5. The number of aryl methyl sites for hydroxylation is 1. The molecular weight excluding hydrogens is 386 g/mol. The van der Waals surface area contributed by atoms with E-state index in [1.807, 2.05) is 91.9 Å². The second-order valence-electron chi connectivity index (χ2n) is 7.53. The van der Waals surface area contributed by atoms with Crippen molar-refractivity contribution in [1.82, 2.24) is 9.99 Å². The van der Waals surface area contributed by atoms with Crippen LogP contribution in [0.2, 0.25) is 0 Å².